The van der Waals surface area contributed by atoms with E-state index in [9.17, 15) is 0 Å². The molecular weight excluding hydrogens is 314 g/mol. The van der Waals surface area contributed by atoms with E-state index in [2.05, 4.69) is 64.6 Å². The second-order valence-electron chi connectivity index (χ2n) is 4.72. The molecule has 2 aromatic carbocycles. The van der Waals surface area contributed by atoms with Gasteiger partial charge in [0.25, 0.3) is 0 Å². The maximum atomic E-state index is 5.78. The summed E-state index contributed by atoms with van der Waals surface area (Å²) in [5.74, 6) is 0. The molecule has 0 amide bonds. The highest BCUT2D eigenvalue weighted by Gasteiger charge is 1.98. The molecule has 0 unspecified atom stereocenters. The first-order valence-electron chi connectivity index (χ1n) is 6.88. The highest BCUT2D eigenvalue weighted by molar-refractivity contribution is 9.10. The predicted octanol–water partition coefficient (Wildman–Crippen LogP) is 4.28. The van der Waals surface area contributed by atoms with Crippen LogP contribution in [0.5, 0.6) is 0 Å². The van der Waals surface area contributed by atoms with Crippen molar-refractivity contribution in [2.75, 3.05) is 6.54 Å². The molecule has 106 valence electrons. The first-order chi connectivity index (χ1) is 9.78. The summed E-state index contributed by atoms with van der Waals surface area (Å²) in [5, 5.41) is 3.33. The highest BCUT2D eigenvalue weighted by atomic mass is 79.9. The Balaban J connectivity index is 1.84. The third-order valence-corrected chi connectivity index (χ3v) is 3.49. The van der Waals surface area contributed by atoms with Gasteiger partial charge in [0, 0.05) is 11.0 Å². The minimum absolute atomic E-state index is 0.636. The molecule has 0 radical (unpaired) electrons. The topological polar surface area (TPSA) is 21.3 Å². The summed E-state index contributed by atoms with van der Waals surface area (Å²) < 4.78 is 6.87. The van der Waals surface area contributed by atoms with Gasteiger partial charge in [0.05, 0.1) is 13.2 Å². The van der Waals surface area contributed by atoms with Crippen LogP contribution in [-0.4, -0.2) is 6.54 Å². The third-order valence-electron chi connectivity index (χ3n) is 3.00. The van der Waals surface area contributed by atoms with Crippen LogP contribution in [0, 0.1) is 0 Å². The second kappa shape index (κ2) is 8.20. The molecule has 2 nitrogen and oxygen atoms in total. The number of hydrogen-bond donors (Lipinski definition) is 1. The lowest BCUT2D eigenvalue weighted by Crippen LogP contribution is -2.11. The van der Waals surface area contributed by atoms with Crippen molar-refractivity contribution in [1.29, 1.82) is 0 Å². The van der Waals surface area contributed by atoms with Gasteiger partial charge in [-0.3, -0.25) is 0 Å². The predicted molar refractivity (Wildman–Crippen MR) is 86.5 cm³/mol. The summed E-state index contributed by atoms with van der Waals surface area (Å²) in [7, 11) is 0. The lowest BCUT2D eigenvalue weighted by atomic mass is 10.1. The largest absolute Gasteiger partial charge is 0.372 e. The minimum Gasteiger partial charge on any atom is -0.372 e. The van der Waals surface area contributed by atoms with E-state index in [-0.39, 0.29) is 0 Å². The minimum atomic E-state index is 0.636. The number of rotatable bonds is 7. The molecule has 3 heteroatoms. The van der Waals surface area contributed by atoms with Crippen LogP contribution < -0.4 is 5.32 Å². The van der Waals surface area contributed by atoms with Crippen molar-refractivity contribution in [2.24, 2.45) is 0 Å². The lowest BCUT2D eigenvalue weighted by molar-refractivity contribution is 0.107. The highest BCUT2D eigenvalue weighted by Crippen LogP contribution is 2.13. The van der Waals surface area contributed by atoms with Crippen LogP contribution in [0.4, 0.5) is 0 Å². The van der Waals surface area contributed by atoms with E-state index >= 15 is 0 Å². The first kappa shape index (κ1) is 15.2. The normalized spacial score (nSPS) is 10.7. The number of hydrogen-bond acceptors (Lipinski definition) is 2. The van der Waals surface area contributed by atoms with E-state index < -0.39 is 0 Å². The Morgan fingerprint density at radius 3 is 2.30 bits per heavy atom. The molecule has 2 aromatic rings. The average Bonchev–Trinajstić information content (AvgIpc) is 2.46. The molecule has 0 aliphatic carbocycles. The lowest BCUT2D eigenvalue weighted by Gasteiger charge is -2.07. The summed E-state index contributed by atoms with van der Waals surface area (Å²) in [5.41, 5.74) is 3.70. The fraction of sp³-hybridized carbons (Fsp3) is 0.294. The first-order valence-corrected chi connectivity index (χ1v) is 7.68. The van der Waals surface area contributed by atoms with Gasteiger partial charge in [0.1, 0.15) is 0 Å². The summed E-state index contributed by atoms with van der Waals surface area (Å²) >= 11 is 3.47. The van der Waals surface area contributed by atoms with Crippen molar-refractivity contribution in [3.8, 4) is 0 Å². The zero-order valence-electron chi connectivity index (χ0n) is 11.7. The van der Waals surface area contributed by atoms with Crippen LogP contribution in [0.1, 0.15) is 23.6 Å². The van der Waals surface area contributed by atoms with Crippen molar-refractivity contribution in [1.82, 2.24) is 5.32 Å². The van der Waals surface area contributed by atoms with Gasteiger partial charge in [-0.15, -0.1) is 0 Å². The van der Waals surface area contributed by atoms with Gasteiger partial charge in [0.2, 0.25) is 0 Å². The SMILES string of the molecule is CCNCc1cccc(COCc2cccc(Br)c2)c1. The van der Waals surface area contributed by atoms with Gasteiger partial charge < -0.3 is 10.1 Å². The molecule has 0 saturated carbocycles. The smallest absolute Gasteiger partial charge is 0.0721 e. The summed E-state index contributed by atoms with van der Waals surface area (Å²) in [4.78, 5) is 0. The van der Waals surface area contributed by atoms with Gasteiger partial charge >= 0.3 is 0 Å². The van der Waals surface area contributed by atoms with Crippen LogP contribution in [0.25, 0.3) is 0 Å². The second-order valence-corrected chi connectivity index (χ2v) is 5.64. The number of benzene rings is 2. The van der Waals surface area contributed by atoms with Crippen molar-refractivity contribution < 1.29 is 4.74 Å². The van der Waals surface area contributed by atoms with Crippen LogP contribution >= 0.6 is 15.9 Å². The fourth-order valence-electron chi connectivity index (χ4n) is 2.01. The van der Waals surface area contributed by atoms with E-state index in [1.807, 2.05) is 12.1 Å². The summed E-state index contributed by atoms with van der Waals surface area (Å²) in [6.07, 6.45) is 0. The summed E-state index contributed by atoms with van der Waals surface area (Å²) in [6.45, 7) is 5.30. The Morgan fingerprint density at radius 2 is 1.60 bits per heavy atom. The van der Waals surface area contributed by atoms with Gasteiger partial charge in [-0.2, -0.15) is 0 Å². The van der Waals surface area contributed by atoms with Crippen molar-refractivity contribution >= 4 is 15.9 Å². The van der Waals surface area contributed by atoms with Crippen LogP contribution in [0.2, 0.25) is 0 Å². The Hall–Kier alpha value is -1.16. The third kappa shape index (κ3) is 5.08. The maximum Gasteiger partial charge on any atom is 0.0721 e. The van der Waals surface area contributed by atoms with E-state index in [1.165, 1.54) is 16.7 Å². The van der Waals surface area contributed by atoms with Gasteiger partial charge in [-0.05, 0) is 35.4 Å². The van der Waals surface area contributed by atoms with Crippen molar-refractivity contribution in [3.63, 3.8) is 0 Å². The summed E-state index contributed by atoms with van der Waals surface area (Å²) in [6, 6.07) is 16.7. The molecule has 0 aromatic heterocycles. The van der Waals surface area contributed by atoms with Crippen molar-refractivity contribution in [3.05, 3.63) is 69.7 Å². The fourth-order valence-corrected chi connectivity index (χ4v) is 2.46. The molecule has 20 heavy (non-hydrogen) atoms. The van der Waals surface area contributed by atoms with Gasteiger partial charge in [-0.1, -0.05) is 59.3 Å². The number of ether oxygens (including phenoxy) is 1. The Bertz CT molecular complexity index is 542. The zero-order chi connectivity index (χ0) is 14.2. The molecule has 2 rings (SSSR count). The molecular formula is C17H20BrNO. The standard InChI is InChI=1S/C17H20BrNO/c1-2-19-11-14-5-3-6-15(9-14)12-20-13-16-7-4-8-17(18)10-16/h3-10,19H,2,11-13H2,1H3. The molecule has 0 bridgehead atoms. The molecule has 0 fully saturated rings. The molecule has 0 atom stereocenters. The molecule has 0 heterocycles. The van der Waals surface area contributed by atoms with E-state index in [0.29, 0.717) is 13.2 Å². The van der Waals surface area contributed by atoms with Crippen LogP contribution in [0.15, 0.2) is 53.0 Å². The molecule has 1 N–H and O–H groups in total. The number of nitrogens with one attached hydrogen (secondary N) is 1. The quantitative estimate of drug-likeness (QED) is 0.816. The van der Waals surface area contributed by atoms with Crippen LogP contribution in [0.3, 0.4) is 0 Å². The van der Waals surface area contributed by atoms with Gasteiger partial charge in [-0.25, -0.2) is 0 Å². The Kier molecular flexibility index (Phi) is 6.25. The Morgan fingerprint density at radius 1 is 0.950 bits per heavy atom. The van der Waals surface area contributed by atoms with Gasteiger partial charge in [0.15, 0.2) is 0 Å². The average molecular weight is 334 g/mol. The van der Waals surface area contributed by atoms with E-state index in [1.54, 1.807) is 0 Å². The maximum absolute atomic E-state index is 5.78. The molecule has 0 spiro atoms. The monoisotopic (exact) mass is 333 g/mol. The Labute approximate surface area is 129 Å². The number of halogens is 1. The van der Waals surface area contributed by atoms with E-state index in [0.717, 1.165) is 17.6 Å². The molecule has 0 saturated heterocycles. The zero-order valence-corrected chi connectivity index (χ0v) is 13.3. The van der Waals surface area contributed by atoms with Crippen LogP contribution in [-0.2, 0) is 24.5 Å². The molecule has 0 aliphatic heterocycles. The van der Waals surface area contributed by atoms with Crippen molar-refractivity contribution in [2.45, 2.75) is 26.7 Å². The van der Waals surface area contributed by atoms with E-state index in [4.69, 9.17) is 4.74 Å². The molecule has 0 aliphatic rings.